The van der Waals surface area contributed by atoms with Crippen molar-refractivity contribution in [1.82, 2.24) is 4.98 Å². The molecule has 0 spiro atoms. The Morgan fingerprint density at radius 1 is 1.33 bits per heavy atom. The summed E-state index contributed by atoms with van der Waals surface area (Å²) in [6.45, 7) is 8.56. The van der Waals surface area contributed by atoms with Crippen LogP contribution in [-0.2, 0) is 23.1 Å². The number of nitrogens with zero attached hydrogens (tertiary/aromatic N) is 1. The smallest absolute Gasteiger partial charge is 0.309 e. The molecule has 0 aliphatic heterocycles. The lowest BCUT2D eigenvalue weighted by Crippen LogP contribution is -2.21. The molecule has 112 valence electrons. The second-order valence-electron chi connectivity index (χ2n) is 6.21. The van der Waals surface area contributed by atoms with Crippen molar-refractivity contribution >= 4 is 17.3 Å². The predicted molar refractivity (Wildman–Crippen MR) is 86.1 cm³/mol. The highest BCUT2D eigenvalue weighted by Gasteiger charge is 2.26. The molecule has 2 aromatic rings. The Labute approximate surface area is 129 Å². The van der Waals surface area contributed by atoms with Crippen LogP contribution in [0.3, 0.4) is 0 Å². The van der Waals surface area contributed by atoms with Crippen molar-refractivity contribution < 1.29 is 9.90 Å². The molecule has 0 amide bonds. The van der Waals surface area contributed by atoms with Gasteiger partial charge in [0.15, 0.2) is 0 Å². The highest BCUT2D eigenvalue weighted by atomic mass is 32.1. The third-order valence-electron chi connectivity index (χ3n) is 3.60. The molecule has 0 bridgehead atoms. The van der Waals surface area contributed by atoms with E-state index in [1.165, 1.54) is 16.7 Å². The Bertz CT molecular complexity index is 659. The van der Waals surface area contributed by atoms with E-state index in [4.69, 9.17) is 5.11 Å². The van der Waals surface area contributed by atoms with Gasteiger partial charge in [0.25, 0.3) is 0 Å². The predicted octanol–water partition coefficient (Wildman–Crippen LogP) is 3.91. The van der Waals surface area contributed by atoms with Crippen molar-refractivity contribution in [2.24, 2.45) is 0 Å². The maximum absolute atomic E-state index is 10.8. The standard InChI is InChI=1S/C17H21NO2S/c1-11-5-6-12(2)13(7-11)9-17(3,4)16-18-14(10-21-16)8-15(19)20/h5-7,10H,8-9H2,1-4H3,(H,19,20). The number of aryl methyl sites for hydroxylation is 2. The molecule has 1 aromatic heterocycles. The van der Waals surface area contributed by atoms with Crippen LogP contribution in [0.25, 0.3) is 0 Å². The molecular formula is C17H21NO2S. The van der Waals surface area contributed by atoms with E-state index in [2.05, 4.69) is 50.9 Å². The van der Waals surface area contributed by atoms with Crippen LogP contribution >= 0.6 is 11.3 Å². The maximum Gasteiger partial charge on any atom is 0.309 e. The summed E-state index contributed by atoms with van der Waals surface area (Å²) in [5, 5.41) is 11.7. The maximum atomic E-state index is 10.8. The van der Waals surface area contributed by atoms with Crippen LogP contribution in [0.1, 0.15) is 41.2 Å². The van der Waals surface area contributed by atoms with Crippen LogP contribution in [0.2, 0.25) is 0 Å². The second kappa shape index (κ2) is 5.98. The number of carbonyl (C=O) groups is 1. The fraction of sp³-hybridized carbons (Fsp3) is 0.412. The van der Waals surface area contributed by atoms with E-state index >= 15 is 0 Å². The lowest BCUT2D eigenvalue weighted by atomic mass is 9.84. The molecule has 21 heavy (non-hydrogen) atoms. The van der Waals surface area contributed by atoms with Gasteiger partial charge in [0.2, 0.25) is 0 Å². The highest BCUT2D eigenvalue weighted by Crippen LogP contribution is 2.31. The summed E-state index contributed by atoms with van der Waals surface area (Å²) in [6.07, 6.45) is 0.899. The Morgan fingerprint density at radius 2 is 2.05 bits per heavy atom. The number of benzene rings is 1. The molecule has 0 fully saturated rings. The van der Waals surface area contributed by atoms with Crippen LogP contribution in [0.4, 0.5) is 0 Å². The van der Waals surface area contributed by atoms with Crippen molar-refractivity contribution in [2.75, 3.05) is 0 Å². The minimum Gasteiger partial charge on any atom is -0.481 e. The molecule has 0 saturated heterocycles. The topological polar surface area (TPSA) is 50.2 Å². The van der Waals surface area contributed by atoms with E-state index < -0.39 is 5.97 Å². The van der Waals surface area contributed by atoms with Crippen molar-refractivity contribution in [2.45, 2.75) is 46.0 Å². The van der Waals surface area contributed by atoms with Gasteiger partial charge in [0.05, 0.1) is 17.1 Å². The Morgan fingerprint density at radius 3 is 2.71 bits per heavy atom. The Kier molecular flexibility index (Phi) is 4.47. The van der Waals surface area contributed by atoms with E-state index in [0.717, 1.165) is 11.4 Å². The minimum absolute atomic E-state index is 0.00392. The molecule has 0 aliphatic rings. The van der Waals surface area contributed by atoms with Crippen LogP contribution in [0.15, 0.2) is 23.6 Å². The fourth-order valence-electron chi connectivity index (χ4n) is 2.40. The van der Waals surface area contributed by atoms with E-state index in [-0.39, 0.29) is 11.8 Å². The zero-order valence-corrected chi connectivity index (χ0v) is 13.8. The number of carboxylic acid groups (broad SMARTS) is 1. The molecule has 0 saturated carbocycles. The molecule has 1 N–H and O–H groups in total. The minimum atomic E-state index is -0.834. The van der Waals surface area contributed by atoms with Crippen molar-refractivity contribution in [3.05, 3.63) is 51.0 Å². The van der Waals surface area contributed by atoms with E-state index in [9.17, 15) is 4.79 Å². The van der Waals surface area contributed by atoms with E-state index in [1.807, 2.05) is 5.38 Å². The molecule has 0 aliphatic carbocycles. The van der Waals surface area contributed by atoms with Gasteiger partial charge >= 0.3 is 5.97 Å². The number of carboxylic acids is 1. The van der Waals surface area contributed by atoms with Gasteiger partial charge in [-0.3, -0.25) is 4.79 Å². The summed E-state index contributed by atoms with van der Waals surface area (Å²) in [5.74, 6) is -0.834. The van der Waals surface area contributed by atoms with Gasteiger partial charge in [-0.05, 0) is 31.4 Å². The lowest BCUT2D eigenvalue weighted by Gasteiger charge is -2.23. The van der Waals surface area contributed by atoms with Crippen LogP contribution in [0.5, 0.6) is 0 Å². The first-order valence-electron chi connectivity index (χ1n) is 7.01. The number of aliphatic carboxylic acids is 1. The SMILES string of the molecule is Cc1ccc(C)c(CC(C)(C)c2nc(CC(=O)O)cs2)c1. The number of aromatic nitrogens is 1. The second-order valence-corrected chi connectivity index (χ2v) is 7.06. The normalized spacial score (nSPS) is 11.6. The third kappa shape index (κ3) is 3.91. The van der Waals surface area contributed by atoms with Gasteiger partial charge in [0.1, 0.15) is 0 Å². The van der Waals surface area contributed by atoms with Crippen LogP contribution in [0, 0.1) is 13.8 Å². The molecule has 0 atom stereocenters. The average molecular weight is 303 g/mol. The monoisotopic (exact) mass is 303 g/mol. The third-order valence-corrected chi connectivity index (χ3v) is 4.86. The molecule has 1 aromatic carbocycles. The van der Waals surface area contributed by atoms with Crippen LogP contribution < -0.4 is 0 Å². The Balaban J connectivity index is 2.23. The van der Waals surface area contributed by atoms with Gasteiger partial charge < -0.3 is 5.11 Å². The fourth-order valence-corrected chi connectivity index (χ4v) is 3.34. The van der Waals surface area contributed by atoms with Crippen molar-refractivity contribution in [1.29, 1.82) is 0 Å². The van der Waals surface area contributed by atoms with Gasteiger partial charge in [0, 0.05) is 10.8 Å². The molecule has 0 unspecified atom stereocenters. The first-order valence-corrected chi connectivity index (χ1v) is 7.89. The summed E-state index contributed by atoms with van der Waals surface area (Å²) in [7, 11) is 0. The summed E-state index contributed by atoms with van der Waals surface area (Å²) >= 11 is 1.55. The quantitative estimate of drug-likeness (QED) is 0.911. The van der Waals surface area contributed by atoms with Gasteiger partial charge in [-0.2, -0.15) is 0 Å². The summed E-state index contributed by atoms with van der Waals surface area (Å²) in [6, 6.07) is 6.50. The Hall–Kier alpha value is -1.68. The van der Waals surface area contributed by atoms with Crippen molar-refractivity contribution in [3.63, 3.8) is 0 Å². The summed E-state index contributed by atoms with van der Waals surface area (Å²) in [4.78, 5) is 15.3. The van der Waals surface area contributed by atoms with Gasteiger partial charge in [-0.1, -0.05) is 37.6 Å². The first kappa shape index (κ1) is 15.7. The number of thiazole rings is 1. The van der Waals surface area contributed by atoms with Crippen molar-refractivity contribution in [3.8, 4) is 0 Å². The number of hydrogen-bond acceptors (Lipinski definition) is 3. The molecule has 4 heteroatoms. The summed E-state index contributed by atoms with van der Waals surface area (Å²) in [5.41, 5.74) is 4.43. The first-order chi connectivity index (χ1) is 9.78. The van der Waals surface area contributed by atoms with E-state index in [0.29, 0.717) is 5.69 Å². The molecule has 1 heterocycles. The zero-order chi connectivity index (χ0) is 15.6. The molecular weight excluding hydrogens is 282 g/mol. The van der Waals surface area contributed by atoms with Gasteiger partial charge in [-0.25, -0.2) is 4.98 Å². The van der Waals surface area contributed by atoms with E-state index in [1.54, 1.807) is 11.3 Å². The highest BCUT2D eigenvalue weighted by molar-refractivity contribution is 7.09. The molecule has 3 nitrogen and oxygen atoms in total. The molecule has 2 rings (SSSR count). The van der Waals surface area contributed by atoms with Gasteiger partial charge in [-0.15, -0.1) is 11.3 Å². The number of hydrogen-bond donors (Lipinski definition) is 1. The van der Waals surface area contributed by atoms with Crippen LogP contribution in [-0.4, -0.2) is 16.1 Å². The average Bonchev–Trinajstić information content (AvgIpc) is 2.82. The lowest BCUT2D eigenvalue weighted by molar-refractivity contribution is -0.136. The largest absolute Gasteiger partial charge is 0.481 e. The summed E-state index contributed by atoms with van der Waals surface area (Å²) < 4.78 is 0. The molecule has 0 radical (unpaired) electrons. The number of rotatable bonds is 5. The zero-order valence-electron chi connectivity index (χ0n) is 12.9.